The number of sulfonamides is 1. The highest BCUT2D eigenvalue weighted by atomic mass is 32.2. The van der Waals surface area contributed by atoms with Gasteiger partial charge in [-0.15, -0.1) is 0 Å². The van der Waals surface area contributed by atoms with Gasteiger partial charge in [-0.2, -0.15) is 13.2 Å². The fourth-order valence-electron chi connectivity index (χ4n) is 2.87. The maximum atomic E-state index is 12.6. The van der Waals surface area contributed by atoms with Crippen molar-refractivity contribution in [3.8, 4) is 5.88 Å². The SMILES string of the molecule is NS(=O)(=O)c1ccc(OC2CCN(c3ccc(C(F)(F)F)cc3)CC2)nc1. The van der Waals surface area contributed by atoms with Gasteiger partial charge in [0.15, 0.2) is 0 Å². The zero-order valence-corrected chi connectivity index (χ0v) is 15.0. The van der Waals surface area contributed by atoms with Gasteiger partial charge in [-0.25, -0.2) is 18.5 Å². The van der Waals surface area contributed by atoms with Crippen LogP contribution in [0.1, 0.15) is 18.4 Å². The number of nitrogens with zero attached hydrogens (tertiary/aromatic N) is 2. The summed E-state index contributed by atoms with van der Waals surface area (Å²) in [5.74, 6) is 0.301. The molecule has 10 heteroatoms. The molecule has 1 aliphatic rings. The normalized spacial score (nSPS) is 16.4. The predicted octanol–water partition coefficient (Wildman–Crippen LogP) is 2.80. The van der Waals surface area contributed by atoms with Gasteiger partial charge in [-0.05, 0) is 30.3 Å². The Balaban J connectivity index is 1.56. The molecule has 27 heavy (non-hydrogen) atoms. The minimum atomic E-state index is -4.34. The number of pyridine rings is 1. The first-order valence-electron chi connectivity index (χ1n) is 8.21. The van der Waals surface area contributed by atoms with Crippen molar-refractivity contribution in [1.29, 1.82) is 0 Å². The van der Waals surface area contributed by atoms with Gasteiger partial charge >= 0.3 is 6.18 Å². The molecule has 0 aliphatic carbocycles. The Morgan fingerprint density at radius 1 is 1.07 bits per heavy atom. The van der Waals surface area contributed by atoms with E-state index in [0.29, 0.717) is 31.8 Å². The van der Waals surface area contributed by atoms with Crippen LogP contribution in [0.2, 0.25) is 0 Å². The summed E-state index contributed by atoms with van der Waals surface area (Å²) >= 11 is 0. The largest absolute Gasteiger partial charge is 0.474 e. The molecule has 0 saturated carbocycles. The minimum absolute atomic E-state index is 0.0908. The third kappa shape index (κ3) is 4.89. The topological polar surface area (TPSA) is 85.5 Å². The molecule has 1 aliphatic heterocycles. The number of halogens is 3. The summed E-state index contributed by atoms with van der Waals surface area (Å²) in [4.78, 5) is 5.85. The third-order valence-electron chi connectivity index (χ3n) is 4.33. The molecule has 1 aromatic carbocycles. The van der Waals surface area contributed by atoms with Crippen molar-refractivity contribution in [3.05, 3.63) is 48.2 Å². The van der Waals surface area contributed by atoms with Crippen molar-refractivity contribution in [1.82, 2.24) is 4.98 Å². The van der Waals surface area contributed by atoms with Gasteiger partial charge in [0.2, 0.25) is 15.9 Å². The van der Waals surface area contributed by atoms with Crippen LogP contribution in [0.25, 0.3) is 0 Å². The maximum absolute atomic E-state index is 12.6. The van der Waals surface area contributed by atoms with Gasteiger partial charge in [0.25, 0.3) is 0 Å². The summed E-state index contributed by atoms with van der Waals surface area (Å²) in [6.07, 6.45) is -1.98. The van der Waals surface area contributed by atoms with Crippen LogP contribution in [-0.2, 0) is 16.2 Å². The van der Waals surface area contributed by atoms with E-state index in [1.165, 1.54) is 24.3 Å². The molecule has 1 saturated heterocycles. The molecule has 3 rings (SSSR count). The van der Waals surface area contributed by atoms with E-state index in [1.54, 1.807) is 0 Å². The Labute approximate surface area is 154 Å². The first-order chi connectivity index (χ1) is 12.6. The lowest BCUT2D eigenvalue weighted by molar-refractivity contribution is -0.137. The Morgan fingerprint density at radius 3 is 2.19 bits per heavy atom. The third-order valence-corrected chi connectivity index (χ3v) is 5.23. The van der Waals surface area contributed by atoms with Crippen molar-refractivity contribution >= 4 is 15.7 Å². The molecular weight excluding hydrogens is 383 g/mol. The average Bonchev–Trinajstić information content (AvgIpc) is 2.61. The van der Waals surface area contributed by atoms with Crippen molar-refractivity contribution in [2.24, 2.45) is 5.14 Å². The van der Waals surface area contributed by atoms with Crippen LogP contribution in [0, 0.1) is 0 Å². The van der Waals surface area contributed by atoms with Gasteiger partial charge in [0, 0.05) is 37.7 Å². The second-order valence-electron chi connectivity index (χ2n) is 6.23. The smallest absolute Gasteiger partial charge is 0.416 e. The lowest BCUT2D eigenvalue weighted by Gasteiger charge is -2.33. The number of anilines is 1. The Morgan fingerprint density at radius 2 is 1.70 bits per heavy atom. The fourth-order valence-corrected chi connectivity index (χ4v) is 3.33. The van der Waals surface area contributed by atoms with E-state index < -0.39 is 21.8 Å². The van der Waals surface area contributed by atoms with Gasteiger partial charge < -0.3 is 9.64 Å². The molecule has 2 N–H and O–H groups in total. The Hall–Kier alpha value is -2.33. The summed E-state index contributed by atoms with van der Waals surface area (Å²) in [7, 11) is -3.80. The summed E-state index contributed by atoms with van der Waals surface area (Å²) in [6, 6.07) is 7.87. The second kappa shape index (κ2) is 7.35. The molecule has 0 bridgehead atoms. The number of alkyl halides is 3. The first kappa shape index (κ1) is 19.4. The highest BCUT2D eigenvalue weighted by molar-refractivity contribution is 7.89. The number of hydrogen-bond donors (Lipinski definition) is 1. The van der Waals surface area contributed by atoms with Crippen LogP contribution in [0.15, 0.2) is 47.5 Å². The predicted molar refractivity (Wildman–Crippen MR) is 92.9 cm³/mol. The number of rotatable bonds is 4. The summed E-state index contributed by atoms with van der Waals surface area (Å²) in [6.45, 7) is 1.26. The zero-order valence-electron chi connectivity index (χ0n) is 14.2. The van der Waals surface area contributed by atoms with Crippen LogP contribution >= 0.6 is 0 Å². The summed E-state index contributed by atoms with van der Waals surface area (Å²) in [5.41, 5.74) is 0.0653. The standard InChI is InChI=1S/C17H18F3N3O3S/c18-17(19,20)12-1-3-13(4-2-12)23-9-7-14(8-10-23)26-16-6-5-15(11-22-16)27(21,24)25/h1-6,11,14H,7-10H2,(H2,21,24,25). The van der Waals surface area contributed by atoms with Crippen molar-refractivity contribution in [3.63, 3.8) is 0 Å². The van der Waals surface area contributed by atoms with E-state index in [0.717, 1.165) is 24.0 Å². The fraction of sp³-hybridized carbons (Fsp3) is 0.353. The number of primary sulfonamides is 1. The second-order valence-corrected chi connectivity index (χ2v) is 7.79. The molecule has 2 aromatic rings. The van der Waals surface area contributed by atoms with Gasteiger partial charge in [-0.3, -0.25) is 0 Å². The maximum Gasteiger partial charge on any atom is 0.416 e. The van der Waals surface area contributed by atoms with Gasteiger partial charge in [0.05, 0.1) is 11.8 Å². The molecule has 0 atom stereocenters. The van der Waals surface area contributed by atoms with Crippen LogP contribution in [0.4, 0.5) is 18.9 Å². The molecule has 0 spiro atoms. The van der Waals surface area contributed by atoms with Crippen molar-refractivity contribution < 1.29 is 26.3 Å². The number of piperidine rings is 1. The van der Waals surface area contributed by atoms with Crippen molar-refractivity contribution in [2.45, 2.75) is 30.0 Å². The number of hydrogen-bond acceptors (Lipinski definition) is 5. The van der Waals surface area contributed by atoms with Gasteiger partial charge in [-0.1, -0.05) is 0 Å². The lowest BCUT2D eigenvalue weighted by Crippen LogP contribution is -2.38. The molecule has 146 valence electrons. The minimum Gasteiger partial charge on any atom is -0.474 e. The number of aromatic nitrogens is 1. The monoisotopic (exact) mass is 401 g/mol. The molecule has 0 unspecified atom stereocenters. The van der Waals surface area contributed by atoms with Crippen LogP contribution in [-0.4, -0.2) is 32.6 Å². The Kier molecular flexibility index (Phi) is 5.29. The lowest BCUT2D eigenvalue weighted by atomic mass is 10.1. The number of ether oxygens (including phenoxy) is 1. The Bertz CT molecular complexity index is 876. The van der Waals surface area contributed by atoms with Crippen molar-refractivity contribution in [2.75, 3.05) is 18.0 Å². The number of nitrogens with two attached hydrogens (primary N) is 1. The molecule has 0 amide bonds. The quantitative estimate of drug-likeness (QED) is 0.852. The summed E-state index contributed by atoms with van der Waals surface area (Å²) < 4.78 is 66.1. The average molecular weight is 401 g/mol. The van der Waals surface area contributed by atoms with Crippen LogP contribution in [0.5, 0.6) is 5.88 Å². The first-order valence-corrected chi connectivity index (χ1v) is 9.75. The zero-order chi connectivity index (χ0) is 19.7. The molecule has 2 heterocycles. The summed E-state index contributed by atoms with van der Waals surface area (Å²) in [5, 5.41) is 5.02. The van der Waals surface area contributed by atoms with E-state index in [2.05, 4.69) is 4.98 Å². The molecule has 6 nitrogen and oxygen atoms in total. The van der Waals surface area contributed by atoms with E-state index in [1.807, 2.05) is 4.90 Å². The molecule has 1 fully saturated rings. The van der Waals surface area contributed by atoms with Crippen LogP contribution < -0.4 is 14.8 Å². The molecule has 0 radical (unpaired) electrons. The highest BCUT2D eigenvalue weighted by Crippen LogP contribution is 2.31. The van der Waals surface area contributed by atoms with E-state index in [-0.39, 0.29) is 11.0 Å². The number of benzene rings is 1. The van der Waals surface area contributed by atoms with Crippen LogP contribution in [0.3, 0.4) is 0 Å². The highest BCUT2D eigenvalue weighted by Gasteiger charge is 2.30. The van der Waals surface area contributed by atoms with E-state index in [9.17, 15) is 21.6 Å². The molecular formula is C17H18F3N3O3S. The van der Waals surface area contributed by atoms with Gasteiger partial charge in [0.1, 0.15) is 11.0 Å². The van der Waals surface area contributed by atoms with E-state index in [4.69, 9.17) is 9.88 Å². The molecule has 1 aromatic heterocycles. The van der Waals surface area contributed by atoms with E-state index >= 15 is 0 Å².